The van der Waals surface area contributed by atoms with Crippen LogP contribution >= 0.6 is 7.82 Å². The molecular weight excluding hydrogens is 187 g/mol. The minimum absolute atomic E-state index is 0.777. The maximum Gasteiger partial charge on any atom is 0.470 e. The molecule has 3 N–H and O–H groups in total. The number of hydrogen-bond acceptors (Lipinski definition) is 4. The Labute approximate surface area is 68.7 Å². The second-order valence-electron chi connectivity index (χ2n) is 1.87. The average Bonchev–Trinajstić information content (AvgIpc) is 1.97. The maximum absolute atomic E-state index is 10.7. The quantitative estimate of drug-likeness (QED) is 0.393. The highest BCUT2D eigenvalue weighted by Gasteiger charge is 2.25. The Hall–Kier alpha value is -0.520. The van der Waals surface area contributed by atoms with Crippen LogP contribution in [0.4, 0.5) is 0 Å². The topological polar surface area (TPSA) is 104 Å². The van der Waals surface area contributed by atoms with E-state index >= 15 is 0 Å². The summed E-state index contributed by atoms with van der Waals surface area (Å²) in [5, 5.41) is 8.45. The summed E-state index contributed by atoms with van der Waals surface area (Å²) in [6.45, 7) is 2.27. The molecule has 0 saturated carbocycles. The van der Waals surface area contributed by atoms with Crippen LogP contribution in [0.15, 0.2) is 12.7 Å². The van der Waals surface area contributed by atoms with E-state index < -0.39 is 26.3 Å². The van der Waals surface area contributed by atoms with E-state index in [2.05, 4.69) is 11.1 Å². The summed E-state index contributed by atoms with van der Waals surface area (Å²) in [5.74, 6) is -0.777. The van der Waals surface area contributed by atoms with E-state index in [9.17, 15) is 9.36 Å². The molecule has 0 aromatic rings. The van der Waals surface area contributed by atoms with E-state index in [4.69, 9.17) is 14.9 Å². The van der Waals surface area contributed by atoms with Gasteiger partial charge in [0.15, 0.2) is 11.9 Å². The molecule has 1 unspecified atom stereocenters. The average molecular weight is 196 g/mol. The number of rotatable bonds is 5. The highest BCUT2D eigenvalue weighted by atomic mass is 31.2. The van der Waals surface area contributed by atoms with Crippen molar-refractivity contribution in [2.45, 2.75) is 6.10 Å². The summed E-state index contributed by atoms with van der Waals surface area (Å²) in [6, 6.07) is 0. The van der Waals surface area contributed by atoms with Crippen molar-refractivity contribution in [3.63, 3.8) is 0 Å². The maximum atomic E-state index is 10.7. The third kappa shape index (κ3) is 4.38. The standard InChI is InChI=1S/C5H9O6P/c1-2-4(7)5(3-6)11-12(8,9)10/h2,5-6H,1,3H2,(H2,8,9,10). The van der Waals surface area contributed by atoms with Gasteiger partial charge in [-0.15, -0.1) is 0 Å². The second kappa shape index (κ2) is 4.49. The van der Waals surface area contributed by atoms with Gasteiger partial charge in [-0.2, -0.15) is 0 Å². The molecule has 0 fully saturated rings. The Balaban J connectivity index is 4.28. The zero-order chi connectivity index (χ0) is 9.78. The van der Waals surface area contributed by atoms with E-state index in [1.165, 1.54) is 0 Å². The fraction of sp³-hybridized carbons (Fsp3) is 0.400. The van der Waals surface area contributed by atoms with Gasteiger partial charge < -0.3 is 14.9 Å². The number of hydrogen-bond donors (Lipinski definition) is 3. The predicted octanol–water partition coefficient (Wildman–Crippen LogP) is -0.788. The highest BCUT2D eigenvalue weighted by molar-refractivity contribution is 7.46. The SMILES string of the molecule is C=CC(=O)C(CO)OP(=O)(O)O. The van der Waals surface area contributed by atoms with Gasteiger partial charge in [0.25, 0.3) is 0 Å². The van der Waals surface area contributed by atoms with Crippen LogP contribution in [0.5, 0.6) is 0 Å². The van der Waals surface area contributed by atoms with Crippen molar-refractivity contribution in [1.29, 1.82) is 0 Å². The van der Waals surface area contributed by atoms with Crippen LogP contribution in [0.1, 0.15) is 0 Å². The summed E-state index contributed by atoms with van der Waals surface area (Å²) < 4.78 is 14.1. The first-order chi connectivity index (χ1) is 5.40. The molecule has 0 amide bonds. The predicted molar refractivity (Wildman–Crippen MR) is 39.2 cm³/mol. The third-order valence-electron chi connectivity index (χ3n) is 0.949. The number of carbonyl (C=O) groups excluding carboxylic acids is 1. The van der Waals surface area contributed by atoms with E-state index in [1.54, 1.807) is 0 Å². The molecule has 0 aliphatic rings. The molecule has 0 bridgehead atoms. The molecule has 0 spiro atoms. The van der Waals surface area contributed by atoms with E-state index in [0.717, 1.165) is 6.08 Å². The normalized spacial score (nSPS) is 13.9. The summed E-state index contributed by atoms with van der Waals surface area (Å²) in [5.41, 5.74) is 0. The zero-order valence-corrected chi connectivity index (χ0v) is 6.98. The lowest BCUT2D eigenvalue weighted by Gasteiger charge is -2.11. The summed E-state index contributed by atoms with van der Waals surface area (Å²) in [4.78, 5) is 27.2. The molecule has 1 atom stereocenters. The number of ketones is 1. The largest absolute Gasteiger partial charge is 0.470 e. The fourth-order valence-electron chi connectivity index (χ4n) is 0.472. The molecule has 0 saturated heterocycles. The van der Waals surface area contributed by atoms with Crippen molar-refractivity contribution in [3.05, 3.63) is 12.7 Å². The summed E-state index contributed by atoms with van der Waals surface area (Å²) >= 11 is 0. The van der Waals surface area contributed by atoms with Gasteiger partial charge in [0.1, 0.15) is 0 Å². The van der Waals surface area contributed by atoms with Gasteiger partial charge in [-0.25, -0.2) is 4.57 Å². The minimum Gasteiger partial charge on any atom is -0.393 e. The molecule has 7 heteroatoms. The minimum atomic E-state index is -4.73. The van der Waals surface area contributed by atoms with E-state index in [0.29, 0.717) is 0 Å². The van der Waals surface area contributed by atoms with Gasteiger partial charge in [0.05, 0.1) is 6.61 Å². The van der Waals surface area contributed by atoms with Crippen LogP contribution in [0.25, 0.3) is 0 Å². The summed E-state index contributed by atoms with van der Waals surface area (Å²) in [7, 11) is -4.73. The van der Waals surface area contributed by atoms with Crippen LogP contribution in [-0.2, 0) is 13.9 Å². The molecule has 70 valence electrons. The van der Waals surface area contributed by atoms with Crippen LogP contribution in [0.2, 0.25) is 0 Å². The molecule has 0 heterocycles. The van der Waals surface area contributed by atoms with Crippen molar-refractivity contribution >= 4 is 13.6 Å². The molecule has 12 heavy (non-hydrogen) atoms. The van der Waals surface area contributed by atoms with Gasteiger partial charge in [0.2, 0.25) is 0 Å². The first kappa shape index (κ1) is 11.5. The van der Waals surface area contributed by atoms with Crippen LogP contribution in [-0.4, -0.2) is 33.4 Å². The number of carbonyl (C=O) groups is 1. The monoisotopic (exact) mass is 196 g/mol. The Morgan fingerprint density at radius 1 is 1.67 bits per heavy atom. The Kier molecular flexibility index (Phi) is 4.30. The lowest BCUT2D eigenvalue weighted by Crippen LogP contribution is -2.25. The van der Waals surface area contributed by atoms with Crippen LogP contribution in [0, 0.1) is 0 Å². The van der Waals surface area contributed by atoms with Crippen LogP contribution < -0.4 is 0 Å². The van der Waals surface area contributed by atoms with Crippen molar-refractivity contribution in [2.24, 2.45) is 0 Å². The van der Waals surface area contributed by atoms with Gasteiger partial charge in [-0.1, -0.05) is 6.58 Å². The van der Waals surface area contributed by atoms with Crippen molar-refractivity contribution < 1.29 is 28.8 Å². The number of aliphatic hydroxyl groups is 1. The lowest BCUT2D eigenvalue weighted by atomic mass is 10.2. The third-order valence-corrected chi connectivity index (χ3v) is 1.48. The number of aliphatic hydroxyl groups excluding tert-OH is 1. The Bertz CT molecular complexity index is 218. The molecule has 0 aliphatic heterocycles. The lowest BCUT2D eigenvalue weighted by molar-refractivity contribution is -0.123. The second-order valence-corrected chi connectivity index (χ2v) is 3.07. The first-order valence-corrected chi connectivity index (χ1v) is 4.45. The molecule has 0 aliphatic carbocycles. The van der Waals surface area contributed by atoms with Gasteiger partial charge in [0, 0.05) is 0 Å². The van der Waals surface area contributed by atoms with Gasteiger partial charge >= 0.3 is 7.82 Å². The highest BCUT2D eigenvalue weighted by Crippen LogP contribution is 2.37. The molecular formula is C5H9O6P. The molecule has 0 radical (unpaired) electrons. The summed E-state index contributed by atoms with van der Waals surface area (Å²) in [6.07, 6.45) is -0.723. The molecule has 0 aromatic carbocycles. The molecule has 0 aromatic heterocycles. The zero-order valence-electron chi connectivity index (χ0n) is 6.08. The van der Waals surface area contributed by atoms with Gasteiger partial charge in [-0.3, -0.25) is 9.32 Å². The first-order valence-electron chi connectivity index (χ1n) is 2.92. The Morgan fingerprint density at radius 3 is 2.42 bits per heavy atom. The van der Waals surface area contributed by atoms with E-state index in [1.807, 2.05) is 0 Å². The molecule has 0 rings (SSSR count). The smallest absolute Gasteiger partial charge is 0.393 e. The van der Waals surface area contributed by atoms with Crippen molar-refractivity contribution in [3.8, 4) is 0 Å². The van der Waals surface area contributed by atoms with Crippen molar-refractivity contribution in [2.75, 3.05) is 6.61 Å². The molecule has 6 nitrogen and oxygen atoms in total. The van der Waals surface area contributed by atoms with Crippen LogP contribution in [0.3, 0.4) is 0 Å². The van der Waals surface area contributed by atoms with E-state index in [-0.39, 0.29) is 0 Å². The number of phosphoric acid groups is 1. The van der Waals surface area contributed by atoms with Crippen molar-refractivity contribution in [1.82, 2.24) is 0 Å². The fourth-order valence-corrected chi connectivity index (χ4v) is 0.975. The van der Waals surface area contributed by atoms with Gasteiger partial charge in [-0.05, 0) is 6.08 Å². The number of phosphoric ester groups is 1. The Morgan fingerprint density at radius 2 is 2.17 bits per heavy atom.